The first-order chi connectivity index (χ1) is 10.5. The quantitative estimate of drug-likeness (QED) is 0.861. The minimum Gasteiger partial charge on any atom is -0.445 e. The average molecular weight is 302 g/mol. The number of ether oxygens (including phenoxy) is 1. The molecule has 1 amide bonds. The van der Waals surface area contributed by atoms with Crippen molar-refractivity contribution >= 4 is 6.09 Å². The van der Waals surface area contributed by atoms with Crippen molar-refractivity contribution in [3.63, 3.8) is 0 Å². The fourth-order valence-electron chi connectivity index (χ4n) is 1.94. The zero-order chi connectivity index (χ0) is 16.0. The molecule has 2 rings (SSSR count). The molecule has 0 unspecified atom stereocenters. The molecule has 0 fully saturated rings. The summed E-state index contributed by atoms with van der Waals surface area (Å²) in [6, 6.07) is 14.1. The second-order valence-corrected chi connectivity index (χ2v) is 5.64. The molecule has 1 heterocycles. The molecule has 0 aliphatic rings. The Balaban J connectivity index is 1.85. The van der Waals surface area contributed by atoms with Gasteiger partial charge in [0.2, 0.25) is 5.95 Å². The van der Waals surface area contributed by atoms with Crippen molar-refractivity contribution in [2.75, 3.05) is 6.54 Å². The van der Waals surface area contributed by atoms with Crippen LogP contribution in [0.5, 0.6) is 0 Å². The van der Waals surface area contributed by atoms with E-state index in [2.05, 4.69) is 10.3 Å². The lowest BCUT2D eigenvalue weighted by atomic mass is 9.89. The van der Waals surface area contributed by atoms with E-state index in [-0.39, 0.29) is 6.61 Å². The van der Waals surface area contributed by atoms with Crippen LogP contribution in [0, 0.1) is 5.95 Å². The van der Waals surface area contributed by atoms with Crippen molar-refractivity contribution in [1.82, 2.24) is 10.3 Å². The number of hydrogen-bond acceptors (Lipinski definition) is 3. The van der Waals surface area contributed by atoms with Crippen molar-refractivity contribution in [3.05, 3.63) is 65.7 Å². The van der Waals surface area contributed by atoms with E-state index in [9.17, 15) is 9.18 Å². The first-order valence-electron chi connectivity index (χ1n) is 7.05. The average Bonchev–Trinajstić information content (AvgIpc) is 2.52. The Morgan fingerprint density at radius 2 is 1.91 bits per heavy atom. The minimum absolute atomic E-state index is 0.214. The lowest BCUT2D eigenvalue weighted by Gasteiger charge is -2.24. The zero-order valence-corrected chi connectivity index (χ0v) is 12.7. The monoisotopic (exact) mass is 302 g/mol. The molecule has 116 valence electrons. The van der Waals surface area contributed by atoms with Gasteiger partial charge in [-0.05, 0) is 17.7 Å². The van der Waals surface area contributed by atoms with Gasteiger partial charge in [-0.3, -0.25) is 0 Å². The molecular weight excluding hydrogens is 283 g/mol. The van der Waals surface area contributed by atoms with Gasteiger partial charge in [-0.25, -0.2) is 9.78 Å². The number of benzene rings is 1. The smallest absolute Gasteiger partial charge is 0.407 e. The summed E-state index contributed by atoms with van der Waals surface area (Å²) in [6.07, 6.45) is -0.506. The van der Waals surface area contributed by atoms with Gasteiger partial charge < -0.3 is 10.1 Å². The van der Waals surface area contributed by atoms with E-state index in [0.717, 1.165) is 5.56 Å². The highest BCUT2D eigenvalue weighted by Gasteiger charge is 2.23. The van der Waals surface area contributed by atoms with Crippen LogP contribution in [-0.2, 0) is 16.8 Å². The predicted octanol–water partition coefficient (Wildman–Crippen LogP) is 3.42. The number of halogens is 1. The highest BCUT2D eigenvalue weighted by atomic mass is 19.1. The molecule has 0 saturated carbocycles. The summed E-state index contributed by atoms with van der Waals surface area (Å²) in [5, 5.41) is 2.69. The summed E-state index contributed by atoms with van der Waals surface area (Å²) >= 11 is 0. The normalized spacial score (nSPS) is 11.0. The molecule has 5 heteroatoms. The Bertz CT molecular complexity index is 630. The number of rotatable bonds is 5. The number of nitrogens with one attached hydrogen (secondary N) is 1. The first-order valence-corrected chi connectivity index (χ1v) is 7.05. The number of amides is 1. The fraction of sp³-hybridized carbons (Fsp3) is 0.294. The maximum atomic E-state index is 13.2. The lowest BCUT2D eigenvalue weighted by Crippen LogP contribution is -2.37. The number of nitrogens with zero attached hydrogens (tertiary/aromatic N) is 1. The van der Waals surface area contributed by atoms with E-state index in [1.54, 1.807) is 12.1 Å². The lowest BCUT2D eigenvalue weighted by molar-refractivity contribution is 0.137. The second kappa shape index (κ2) is 7.02. The van der Waals surface area contributed by atoms with Gasteiger partial charge in [-0.15, -0.1) is 0 Å². The van der Waals surface area contributed by atoms with Gasteiger partial charge in [0.05, 0.1) is 5.69 Å². The van der Waals surface area contributed by atoms with Crippen LogP contribution in [0.4, 0.5) is 9.18 Å². The maximum absolute atomic E-state index is 13.2. The van der Waals surface area contributed by atoms with Crippen molar-refractivity contribution in [2.45, 2.75) is 25.9 Å². The third-order valence-electron chi connectivity index (χ3n) is 3.30. The molecule has 1 aromatic carbocycles. The second-order valence-electron chi connectivity index (χ2n) is 5.64. The molecule has 0 saturated heterocycles. The van der Waals surface area contributed by atoms with E-state index in [4.69, 9.17) is 4.74 Å². The van der Waals surface area contributed by atoms with Gasteiger partial charge in [-0.1, -0.05) is 50.2 Å². The highest BCUT2D eigenvalue weighted by molar-refractivity contribution is 5.67. The SMILES string of the molecule is CC(C)(CNC(=O)OCc1ccccc1)c1cccc(F)n1. The molecule has 1 aromatic heterocycles. The van der Waals surface area contributed by atoms with Gasteiger partial charge in [0, 0.05) is 12.0 Å². The van der Waals surface area contributed by atoms with E-state index in [1.807, 2.05) is 44.2 Å². The molecule has 0 aliphatic carbocycles. The Hall–Kier alpha value is -2.43. The number of hydrogen-bond donors (Lipinski definition) is 1. The predicted molar refractivity (Wildman–Crippen MR) is 81.9 cm³/mol. The van der Waals surface area contributed by atoms with Crippen molar-refractivity contribution in [1.29, 1.82) is 0 Å². The van der Waals surface area contributed by atoms with Crippen LogP contribution in [0.3, 0.4) is 0 Å². The molecular formula is C17H19FN2O2. The van der Waals surface area contributed by atoms with Gasteiger partial charge in [0.25, 0.3) is 0 Å². The van der Waals surface area contributed by atoms with Crippen LogP contribution in [0.15, 0.2) is 48.5 Å². The highest BCUT2D eigenvalue weighted by Crippen LogP contribution is 2.20. The summed E-state index contributed by atoms with van der Waals surface area (Å²) in [4.78, 5) is 15.6. The Morgan fingerprint density at radius 1 is 1.18 bits per heavy atom. The van der Waals surface area contributed by atoms with Gasteiger partial charge >= 0.3 is 6.09 Å². The Morgan fingerprint density at radius 3 is 2.59 bits per heavy atom. The van der Waals surface area contributed by atoms with E-state index < -0.39 is 17.5 Å². The van der Waals surface area contributed by atoms with E-state index >= 15 is 0 Å². The molecule has 1 N–H and O–H groups in total. The van der Waals surface area contributed by atoms with Crippen LogP contribution >= 0.6 is 0 Å². The van der Waals surface area contributed by atoms with Crippen LogP contribution in [0.2, 0.25) is 0 Å². The van der Waals surface area contributed by atoms with Gasteiger partial charge in [0.1, 0.15) is 6.61 Å². The summed E-state index contributed by atoms with van der Waals surface area (Å²) in [5.41, 5.74) is 1.01. The largest absolute Gasteiger partial charge is 0.445 e. The Labute approximate surface area is 129 Å². The molecule has 22 heavy (non-hydrogen) atoms. The maximum Gasteiger partial charge on any atom is 0.407 e. The summed E-state index contributed by atoms with van der Waals surface area (Å²) in [6.45, 7) is 4.28. The first kappa shape index (κ1) is 15.9. The van der Waals surface area contributed by atoms with Gasteiger partial charge in [-0.2, -0.15) is 4.39 Å². The third-order valence-corrected chi connectivity index (χ3v) is 3.30. The number of carbonyl (C=O) groups is 1. The van der Waals surface area contributed by atoms with E-state index in [0.29, 0.717) is 12.2 Å². The number of aromatic nitrogens is 1. The molecule has 0 atom stereocenters. The fourth-order valence-corrected chi connectivity index (χ4v) is 1.94. The zero-order valence-electron chi connectivity index (χ0n) is 12.7. The molecule has 0 aliphatic heterocycles. The standard InChI is InChI=1S/C17H19FN2O2/c1-17(2,14-9-6-10-15(18)20-14)12-19-16(21)22-11-13-7-4-3-5-8-13/h3-10H,11-12H2,1-2H3,(H,19,21). The molecule has 0 bridgehead atoms. The summed E-state index contributed by atoms with van der Waals surface area (Å²) in [5.74, 6) is -0.530. The van der Waals surface area contributed by atoms with Crippen molar-refractivity contribution in [2.24, 2.45) is 0 Å². The topological polar surface area (TPSA) is 51.2 Å². The third kappa shape index (κ3) is 4.55. The van der Waals surface area contributed by atoms with E-state index in [1.165, 1.54) is 6.07 Å². The Kier molecular flexibility index (Phi) is 5.09. The van der Waals surface area contributed by atoms with Crippen LogP contribution in [-0.4, -0.2) is 17.6 Å². The van der Waals surface area contributed by atoms with Crippen LogP contribution in [0.1, 0.15) is 25.1 Å². The van der Waals surface area contributed by atoms with Crippen LogP contribution < -0.4 is 5.32 Å². The molecule has 4 nitrogen and oxygen atoms in total. The number of pyridine rings is 1. The molecule has 0 spiro atoms. The minimum atomic E-state index is -0.530. The molecule has 2 aromatic rings. The molecule has 0 radical (unpaired) electrons. The van der Waals surface area contributed by atoms with Crippen molar-refractivity contribution < 1.29 is 13.9 Å². The number of carbonyl (C=O) groups excluding carboxylic acids is 1. The number of alkyl carbamates (subject to hydrolysis) is 1. The summed E-state index contributed by atoms with van der Waals surface area (Å²) < 4.78 is 18.3. The summed E-state index contributed by atoms with van der Waals surface area (Å²) in [7, 11) is 0. The van der Waals surface area contributed by atoms with Crippen LogP contribution in [0.25, 0.3) is 0 Å². The van der Waals surface area contributed by atoms with Gasteiger partial charge in [0.15, 0.2) is 0 Å². The van der Waals surface area contributed by atoms with Crippen molar-refractivity contribution in [3.8, 4) is 0 Å².